The van der Waals surface area contributed by atoms with Gasteiger partial charge in [-0.05, 0) is 38.8 Å². The summed E-state index contributed by atoms with van der Waals surface area (Å²) >= 11 is 6.14. The second-order valence-corrected chi connectivity index (χ2v) is 8.38. The maximum absolute atomic E-state index is 11.4. The molecule has 0 amide bonds. The molecule has 0 aliphatic carbocycles. The van der Waals surface area contributed by atoms with Crippen LogP contribution in [0.1, 0.15) is 26.3 Å². The number of guanidine groups is 1. The normalized spacial score (nSPS) is 13.0. The summed E-state index contributed by atoms with van der Waals surface area (Å²) in [7, 11) is -3.27. The Morgan fingerprint density at radius 1 is 1.25 bits per heavy atom. The van der Waals surface area contributed by atoms with Crippen LogP contribution >= 0.6 is 11.6 Å². The number of rotatable bonds is 8. The number of sulfonamides is 1. The monoisotopic (exact) mass is 374 g/mol. The van der Waals surface area contributed by atoms with Crippen molar-refractivity contribution in [2.45, 2.75) is 32.7 Å². The molecule has 136 valence electrons. The summed E-state index contributed by atoms with van der Waals surface area (Å²) in [6.45, 7) is 7.29. The van der Waals surface area contributed by atoms with E-state index >= 15 is 0 Å². The standard InChI is InChI=1S/C16H27ClN4O2S/c1-5-18-15(20-12-16(2,3)21-24(4,22)23)19-11-10-13-8-6-7-9-14(13)17/h6-9,21H,5,10-12H2,1-4H3,(H2,18,19,20). The van der Waals surface area contributed by atoms with Crippen LogP contribution in [0.25, 0.3) is 0 Å². The third-order valence-corrected chi connectivity index (χ3v) is 4.38. The Balaban J connectivity index is 2.61. The van der Waals surface area contributed by atoms with Gasteiger partial charge in [0.15, 0.2) is 5.96 Å². The average Bonchev–Trinajstić information content (AvgIpc) is 2.44. The summed E-state index contributed by atoms with van der Waals surface area (Å²) in [5.41, 5.74) is 0.417. The van der Waals surface area contributed by atoms with Crippen molar-refractivity contribution in [3.05, 3.63) is 34.9 Å². The zero-order valence-electron chi connectivity index (χ0n) is 14.7. The predicted molar refractivity (Wildman–Crippen MR) is 101 cm³/mol. The number of aliphatic imine (C=N–C) groups is 1. The molecule has 24 heavy (non-hydrogen) atoms. The minimum Gasteiger partial charge on any atom is -0.357 e. The highest BCUT2D eigenvalue weighted by Gasteiger charge is 2.21. The second-order valence-electron chi connectivity index (χ2n) is 6.22. The minimum atomic E-state index is -3.27. The van der Waals surface area contributed by atoms with E-state index in [1.54, 1.807) is 13.8 Å². The van der Waals surface area contributed by atoms with E-state index in [0.717, 1.165) is 29.8 Å². The van der Waals surface area contributed by atoms with Gasteiger partial charge in [0, 0.05) is 23.7 Å². The number of hydrogen-bond donors (Lipinski definition) is 3. The molecule has 0 aliphatic heterocycles. The first-order valence-corrected chi connectivity index (χ1v) is 10.1. The van der Waals surface area contributed by atoms with Gasteiger partial charge in [0.05, 0.1) is 12.8 Å². The molecular formula is C16H27ClN4O2S. The molecule has 3 N–H and O–H groups in total. The van der Waals surface area contributed by atoms with E-state index in [0.29, 0.717) is 19.0 Å². The summed E-state index contributed by atoms with van der Waals surface area (Å²) in [6, 6.07) is 7.73. The fraction of sp³-hybridized carbons (Fsp3) is 0.562. The van der Waals surface area contributed by atoms with Gasteiger partial charge in [-0.2, -0.15) is 0 Å². The van der Waals surface area contributed by atoms with Gasteiger partial charge in [-0.3, -0.25) is 4.99 Å². The van der Waals surface area contributed by atoms with Crippen LogP contribution in [0.2, 0.25) is 5.02 Å². The van der Waals surface area contributed by atoms with Crippen molar-refractivity contribution >= 4 is 27.6 Å². The number of nitrogens with zero attached hydrogens (tertiary/aromatic N) is 1. The SMILES string of the molecule is CCNC(=NCC(C)(C)NS(C)(=O)=O)NCCc1ccccc1Cl. The fourth-order valence-electron chi connectivity index (χ4n) is 2.17. The van der Waals surface area contributed by atoms with Crippen molar-refractivity contribution in [3.63, 3.8) is 0 Å². The zero-order valence-corrected chi connectivity index (χ0v) is 16.3. The van der Waals surface area contributed by atoms with Gasteiger partial charge in [0.25, 0.3) is 0 Å². The van der Waals surface area contributed by atoms with Gasteiger partial charge in [0.1, 0.15) is 0 Å². The third kappa shape index (κ3) is 8.52. The predicted octanol–water partition coefficient (Wildman–Crippen LogP) is 1.77. The molecule has 0 saturated heterocycles. The van der Waals surface area contributed by atoms with Crippen LogP contribution in [0.5, 0.6) is 0 Å². The number of hydrogen-bond acceptors (Lipinski definition) is 3. The van der Waals surface area contributed by atoms with Crippen molar-refractivity contribution in [3.8, 4) is 0 Å². The lowest BCUT2D eigenvalue weighted by molar-refractivity contribution is 0.464. The molecule has 0 heterocycles. The summed E-state index contributed by atoms with van der Waals surface area (Å²) in [6.07, 6.45) is 1.92. The largest absolute Gasteiger partial charge is 0.357 e. The Bertz CT molecular complexity index is 660. The number of nitrogens with one attached hydrogen (secondary N) is 3. The van der Waals surface area contributed by atoms with Crippen LogP contribution in [0.4, 0.5) is 0 Å². The summed E-state index contributed by atoms with van der Waals surface area (Å²) in [5, 5.41) is 7.13. The maximum Gasteiger partial charge on any atom is 0.209 e. The zero-order chi connectivity index (χ0) is 18.2. The first-order chi connectivity index (χ1) is 11.1. The molecule has 6 nitrogen and oxygen atoms in total. The fourth-order valence-corrected chi connectivity index (χ4v) is 3.47. The molecule has 0 spiro atoms. The molecule has 0 saturated carbocycles. The highest BCUT2D eigenvalue weighted by Crippen LogP contribution is 2.14. The van der Waals surface area contributed by atoms with Gasteiger partial charge in [-0.15, -0.1) is 0 Å². The second kappa shape index (κ2) is 9.25. The first-order valence-electron chi connectivity index (χ1n) is 7.87. The molecule has 0 aliphatic rings. The molecule has 8 heteroatoms. The van der Waals surface area contributed by atoms with Crippen LogP contribution in [0.15, 0.2) is 29.3 Å². The van der Waals surface area contributed by atoms with E-state index in [2.05, 4.69) is 20.3 Å². The first kappa shape index (κ1) is 20.7. The highest BCUT2D eigenvalue weighted by atomic mass is 35.5. The average molecular weight is 375 g/mol. The molecule has 1 aromatic carbocycles. The van der Waals surface area contributed by atoms with E-state index in [-0.39, 0.29) is 0 Å². The number of halogens is 1. The van der Waals surface area contributed by atoms with Gasteiger partial charge in [-0.25, -0.2) is 13.1 Å². The van der Waals surface area contributed by atoms with E-state index in [1.807, 2.05) is 31.2 Å². The van der Waals surface area contributed by atoms with Crippen molar-refractivity contribution in [1.82, 2.24) is 15.4 Å². The summed E-state index contributed by atoms with van der Waals surface area (Å²) in [4.78, 5) is 4.46. The summed E-state index contributed by atoms with van der Waals surface area (Å²) < 4.78 is 25.3. The third-order valence-electron chi connectivity index (χ3n) is 3.08. The van der Waals surface area contributed by atoms with Crippen LogP contribution in [0.3, 0.4) is 0 Å². The van der Waals surface area contributed by atoms with Crippen molar-refractivity contribution in [2.75, 3.05) is 25.9 Å². The van der Waals surface area contributed by atoms with Gasteiger partial charge in [-0.1, -0.05) is 29.8 Å². The van der Waals surface area contributed by atoms with E-state index in [9.17, 15) is 8.42 Å². The lowest BCUT2D eigenvalue weighted by atomic mass is 10.1. The Labute approximate surface area is 150 Å². The molecule has 0 aromatic heterocycles. The highest BCUT2D eigenvalue weighted by molar-refractivity contribution is 7.88. The van der Waals surface area contributed by atoms with Gasteiger partial charge in [0.2, 0.25) is 10.0 Å². The molecule has 1 rings (SSSR count). The quantitative estimate of drug-likeness (QED) is 0.478. The summed E-state index contributed by atoms with van der Waals surface area (Å²) in [5.74, 6) is 0.646. The molecular weight excluding hydrogens is 348 g/mol. The molecule has 0 unspecified atom stereocenters. The topological polar surface area (TPSA) is 82.6 Å². The van der Waals surface area contributed by atoms with Crippen LogP contribution in [-0.2, 0) is 16.4 Å². The van der Waals surface area contributed by atoms with Crippen molar-refractivity contribution < 1.29 is 8.42 Å². The van der Waals surface area contributed by atoms with Crippen molar-refractivity contribution in [1.29, 1.82) is 0 Å². The van der Waals surface area contributed by atoms with Crippen LogP contribution in [0, 0.1) is 0 Å². The Morgan fingerprint density at radius 3 is 2.50 bits per heavy atom. The van der Waals surface area contributed by atoms with E-state index in [4.69, 9.17) is 11.6 Å². The molecule has 0 fully saturated rings. The van der Waals surface area contributed by atoms with Gasteiger partial charge >= 0.3 is 0 Å². The molecule has 0 radical (unpaired) electrons. The van der Waals surface area contributed by atoms with Gasteiger partial charge < -0.3 is 10.6 Å². The Kier molecular flexibility index (Phi) is 7.99. The maximum atomic E-state index is 11.4. The van der Waals surface area contributed by atoms with E-state index < -0.39 is 15.6 Å². The lowest BCUT2D eigenvalue weighted by Crippen LogP contribution is -2.47. The Morgan fingerprint density at radius 2 is 1.92 bits per heavy atom. The molecule has 1 aromatic rings. The molecule has 0 bridgehead atoms. The van der Waals surface area contributed by atoms with Crippen LogP contribution in [-0.4, -0.2) is 45.8 Å². The van der Waals surface area contributed by atoms with E-state index in [1.165, 1.54) is 0 Å². The molecule has 0 atom stereocenters. The lowest BCUT2D eigenvalue weighted by Gasteiger charge is -2.23. The Hall–Kier alpha value is -1.31. The smallest absolute Gasteiger partial charge is 0.209 e. The number of benzene rings is 1. The minimum absolute atomic E-state index is 0.321. The van der Waals surface area contributed by atoms with Crippen LogP contribution < -0.4 is 15.4 Å². The van der Waals surface area contributed by atoms with Crippen molar-refractivity contribution in [2.24, 2.45) is 4.99 Å².